The highest BCUT2D eigenvalue weighted by Gasteiger charge is 2.37. The molecule has 2 unspecified atom stereocenters. The molecule has 0 radical (unpaired) electrons. The number of piperazine rings is 1. The Labute approximate surface area is 126 Å². The molecule has 2 aliphatic heterocycles. The van der Waals surface area contributed by atoms with Gasteiger partial charge in [0.2, 0.25) is 5.91 Å². The van der Waals surface area contributed by atoms with E-state index in [-0.39, 0.29) is 17.9 Å². The van der Waals surface area contributed by atoms with Gasteiger partial charge in [-0.1, -0.05) is 6.92 Å². The summed E-state index contributed by atoms with van der Waals surface area (Å²) in [7, 11) is 0. The van der Waals surface area contributed by atoms with Gasteiger partial charge in [-0.3, -0.25) is 9.59 Å². The minimum atomic E-state index is -0.485. The lowest BCUT2D eigenvalue weighted by atomic mass is 9.86. The molecule has 6 heteroatoms. The van der Waals surface area contributed by atoms with E-state index in [0.29, 0.717) is 39.3 Å². The van der Waals surface area contributed by atoms with Gasteiger partial charge < -0.3 is 20.3 Å². The Kier molecular flexibility index (Phi) is 5.22. The fourth-order valence-electron chi connectivity index (χ4n) is 2.87. The second kappa shape index (κ2) is 6.75. The lowest BCUT2D eigenvalue weighted by molar-refractivity contribution is -0.149. The van der Waals surface area contributed by atoms with Crippen molar-refractivity contribution in [2.45, 2.75) is 39.2 Å². The van der Waals surface area contributed by atoms with E-state index in [1.54, 1.807) is 0 Å². The molecule has 0 aromatic carbocycles. The summed E-state index contributed by atoms with van der Waals surface area (Å²) in [6.45, 7) is 7.31. The zero-order valence-corrected chi connectivity index (χ0v) is 13.1. The van der Waals surface area contributed by atoms with Crippen molar-refractivity contribution >= 4 is 11.8 Å². The van der Waals surface area contributed by atoms with Gasteiger partial charge in [-0.25, -0.2) is 0 Å². The zero-order valence-electron chi connectivity index (χ0n) is 13.1. The second-order valence-corrected chi connectivity index (χ2v) is 6.24. The summed E-state index contributed by atoms with van der Waals surface area (Å²) in [5.41, 5.74) is 5.27. The Hall–Kier alpha value is -1.14. The Balaban J connectivity index is 1.88. The maximum atomic E-state index is 12.5. The van der Waals surface area contributed by atoms with Gasteiger partial charge in [0, 0.05) is 39.3 Å². The lowest BCUT2D eigenvalue weighted by Gasteiger charge is -2.39. The molecule has 0 aromatic rings. The van der Waals surface area contributed by atoms with Crippen LogP contribution in [0.5, 0.6) is 0 Å². The van der Waals surface area contributed by atoms with Gasteiger partial charge in [-0.2, -0.15) is 0 Å². The number of carbonyl (C=O) groups excluding carboxylic acids is 2. The predicted molar refractivity (Wildman–Crippen MR) is 79.6 cm³/mol. The van der Waals surface area contributed by atoms with E-state index in [4.69, 9.17) is 10.5 Å². The molecule has 21 heavy (non-hydrogen) atoms. The minimum absolute atomic E-state index is 0.0803. The van der Waals surface area contributed by atoms with Crippen molar-refractivity contribution < 1.29 is 14.3 Å². The van der Waals surface area contributed by atoms with Crippen LogP contribution in [0.2, 0.25) is 0 Å². The Morgan fingerprint density at radius 3 is 2.33 bits per heavy atom. The van der Waals surface area contributed by atoms with Gasteiger partial charge >= 0.3 is 0 Å². The van der Waals surface area contributed by atoms with Crippen LogP contribution in [-0.4, -0.2) is 67.0 Å². The van der Waals surface area contributed by atoms with Crippen LogP contribution >= 0.6 is 0 Å². The predicted octanol–water partition coefficient (Wildman–Crippen LogP) is 0.211. The fourth-order valence-corrected chi connectivity index (χ4v) is 2.87. The number of nitrogens with zero attached hydrogens (tertiary/aromatic N) is 2. The average molecular weight is 297 g/mol. The monoisotopic (exact) mass is 297 g/mol. The van der Waals surface area contributed by atoms with Crippen molar-refractivity contribution in [3.05, 3.63) is 0 Å². The molecule has 0 saturated carbocycles. The minimum Gasteiger partial charge on any atom is -0.368 e. The van der Waals surface area contributed by atoms with Gasteiger partial charge in [0.25, 0.3) is 5.91 Å². The van der Waals surface area contributed by atoms with E-state index in [1.165, 1.54) is 0 Å². The summed E-state index contributed by atoms with van der Waals surface area (Å²) in [6, 6.07) is 0. The SMILES string of the molecule is CCC(C)(CN)C(=O)N1CCN(C(=O)C2CCCO2)CC1. The summed E-state index contributed by atoms with van der Waals surface area (Å²) < 4.78 is 5.44. The first-order valence-electron chi connectivity index (χ1n) is 7.91. The van der Waals surface area contributed by atoms with E-state index >= 15 is 0 Å². The van der Waals surface area contributed by atoms with E-state index in [2.05, 4.69) is 0 Å². The number of carbonyl (C=O) groups is 2. The Morgan fingerprint density at radius 2 is 1.86 bits per heavy atom. The molecule has 120 valence electrons. The van der Waals surface area contributed by atoms with Gasteiger partial charge in [0.05, 0.1) is 5.41 Å². The highest BCUT2D eigenvalue weighted by atomic mass is 16.5. The number of rotatable bonds is 4. The largest absolute Gasteiger partial charge is 0.368 e. The first kappa shape index (κ1) is 16.2. The molecule has 2 saturated heterocycles. The first-order valence-corrected chi connectivity index (χ1v) is 7.91. The Morgan fingerprint density at radius 1 is 1.24 bits per heavy atom. The van der Waals surface area contributed by atoms with Crippen LogP contribution in [0.1, 0.15) is 33.1 Å². The quantitative estimate of drug-likeness (QED) is 0.805. The zero-order chi connectivity index (χ0) is 15.5. The molecule has 2 N–H and O–H groups in total. The third-order valence-corrected chi connectivity index (χ3v) is 4.83. The van der Waals surface area contributed by atoms with Gasteiger partial charge in [-0.05, 0) is 26.2 Å². The molecule has 0 aliphatic carbocycles. The van der Waals surface area contributed by atoms with Gasteiger partial charge in [-0.15, -0.1) is 0 Å². The molecule has 2 aliphatic rings. The van der Waals surface area contributed by atoms with E-state index in [9.17, 15) is 9.59 Å². The van der Waals surface area contributed by atoms with Crippen molar-refractivity contribution in [1.82, 2.24) is 9.80 Å². The van der Waals surface area contributed by atoms with Crippen LogP contribution in [0.15, 0.2) is 0 Å². The summed E-state index contributed by atoms with van der Waals surface area (Å²) in [5, 5.41) is 0. The summed E-state index contributed by atoms with van der Waals surface area (Å²) in [5.74, 6) is 0.188. The number of ether oxygens (including phenoxy) is 1. The number of nitrogens with two attached hydrogens (primary N) is 1. The van der Waals surface area contributed by atoms with E-state index in [1.807, 2.05) is 23.6 Å². The number of hydrogen-bond acceptors (Lipinski definition) is 4. The third-order valence-electron chi connectivity index (χ3n) is 4.83. The summed E-state index contributed by atoms with van der Waals surface area (Å²) in [6.07, 6.45) is 2.24. The smallest absolute Gasteiger partial charge is 0.251 e. The fraction of sp³-hybridized carbons (Fsp3) is 0.867. The molecule has 2 atom stereocenters. The van der Waals surface area contributed by atoms with Crippen molar-refractivity contribution in [3.63, 3.8) is 0 Å². The maximum Gasteiger partial charge on any atom is 0.251 e. The van der Waals surface area contributed by atoms with Crippen molar-refractivity contribution in [2.75, 3.05) is 39.3 Å². The molecule has 6 nitrogen and oxygen atoms in total. The molecule has 2 rings (SSSR count). The highest BCUT2D eigenvalue weighted by molar-refractivity contribution is 5.84. The maximum absolute atomic E-state index is 12.5. The molecule has 2 fully saturated rings. The third kappa shape index (κ3) is 3.37. The molecular formula is C15H27N3O3. The Bertz CT molecular complexity index is 382. The van der Waals surface area contributed by atoms with Gasteiger partial charge in [0.1, 0.15) is 6.10 Å². The standard InChI is InChI=1S/C15H27N3O3/c1-3-15(2,11-16)14(20)18-8-6-17(7-9-18)13(19)12-5-4-10-21-12/h12H,3-11,16H2,1-2H3. The lowest BCUT2D eigenvalue weighted by Crippen LogP contribution is -2.56. The molecule has 0 spiro atoms. The summed E-state index contributed by atoms with van der Waals surface area (Å²) >= 11 is 0. The first-order chi connectivity index (χ1) is 10.0. The van der Waals surface area contributed by atoms with Crippen LogP contribution < -0.4 is 5.73 Å². The van der Waals surface area contributed by atoms with Crippen LogP contribution in [0.3, 0.4) is 0 Å². The highest BCUT2D eigenvalue weighted by Crippen LogP contribution is 2.24. The van der Waals surface area contributed by atoms with E-state index in [0.717, 1.165) is 19.3 Å². The normalized spacial score (nSPS) is 25.8. The summed E-state index contributed by atoms with van der Waals surface area (Å²) in [4.78, 5) is 28.5. The average Bonchev–Trinajstić information content (AvgIpc) is 3.07. The van der Waals surface area contributed by atoms with Crippen LogP contribution in [-0.2, 0) is 14.3 Å². The van der Waals surface area contributed by atoms with Crippen LogP contribution in [0, 0.1) is 5.41 Å². The topological polar surface area (TPSA) is 75.9 Å². The molecule has 2 heterocycles. The second-order valence-electron chi connectivity index (χ2n) is 6.24. The molecule has 0 aromatic heterocycles. The van der Waals surface area contributed by atoms with Crippen LogP contribution in [0.4, 0.5) is 0 Å². The molecule has 0 bridgehead atoms. The van der Waals surface area contributed by atoms with Crippen LogP contribution in [0.25, 0.3) is 0 Å². The molecular weight excluding hydrogens is 270 g/mol. The van der Waals surface area contributed by atoms with E-state index < -0.39 is 5.41 Å². The van der Waals surface area contributed by atoms with Crippen molar-refractivity contribution in [1.29, 1.82) is 0 Å². The van der Waals surface area contributed by atoms with Gasteiger partial charge in [0.15, 0.2) is 0 Å². The van der Waals surface area contributed by atoms with Crippen molar-refractivity contribution in [2.24, 2.45) is 11.1 Å². The number of amides is 2. The molecule has 2 amide bonds. The van der Waals surface area contributed by atoms with Crippen molar-refractivity contribution in [3.8, 4) is 0 Å². The number of hydrogen-bond donors (Lipinski definition) is 1.